The highest BCUT2D eigenvalue weighted by Gasteiger charge is 2.32. The van der Waals surface area contributed by atoms with E-state index in [1.165, 1.54) is 6.07 Å². The number of halogens is 2. The fraction of sp³-hybridized carbons (Fsp3) is 0.348. The topological polar surface area (TPSA) is 115 Å². The van der Waals surface area contributed by atoms with Crippen LogP contribution < -0.4 is 10.2 Å². The van der Waals surface area contributed by atoms with Gasteiger partial charge < -0.3 is 15.3 Å². The molecule has 10 heteroatoms. The summed E-state index contributed by atoms with van der Waals surface area (Å²) in [7, 11) is 0. The van der Waals surface area contributed by atoms with E-state index < -0.39 is 12.1 Å². The predicted molar refractivity (Wildman–Crippen MR) is 124 cm³/mol. The molecule has 3 heterocycles. The van der Waals surface area contributed by atoms with Crippen molar-refractivity contribution < 1.29 is 14.3 Å². The average Bonchev–Trinajstić information content (AvgIpc) is 3.10. The van der Waals surface area contributed by atoms with Crippen molar-refractivity contribution in [2.24, 2.45) is 0 Å². The number of nitriles is 1. The van der Waals surface area contributed by atoms with Gasteiger partial charge in [-0.05, 0) is 44.5 Å². The quantitative estimate of drug-likeness (QED) is 0.519. The average molecular weight is 469 g/mol. The Bertz CT molecular complexity index is 1290. The van der Waals surface area contributed by atoms with Crippen molar-refractivity contribution in [3.8, 4) is 6.07 Å². The van der Waals surface area contributed by atoms with Crippen molar-refractivity contribution in [2.75, 3.05) is 16.8 Å². The van der Waals surface area contributed by atoms with Crippen molar-refractivity contribution in [1.29, 1.82) is 5.26 Å². The first-order valence-corrected chi connectivity index (χ1v) is 10.8. The number of fused-ring (bicyclic) bond motifs is 1. The summed E-state index contributed by atoms with van der Waals surface area (Å²) in [5, 5.41) is 22.4. The molecule has 0 spiro atoms. The van der Waals surface area contributed by atoms with E-state index in [4.69, 9.17) is 16.6 Å². The summed E-state index contributed by atoms with van der Waals surface area (Å²) >= 11 is 5.87. The van der Waals surface area contributed by atoms with E-state index in [1.807, 2.05) is 32.9 Å². The smallest absolute Gasteiger partial charge is 0.356 e. The normalized spacial score (nSPS) is 18.8. The number of aromatic nitrogens is 3. The number of aryl methyl sites for hydroxylation is 1. The first kappa shape index (κ1) is 22.7. The molecule has 3 aromatic rings. The minimum atomic E-state index is -1.20. The molecule has 1 aliphatic heterocycles. The number of anilines is 2. The van der Waals surface area contributed by atoms with Gasteiger partial charge in [0.15, 0.2) is 17.2 Å². The molecule has 2 aromatic heterocycles. The zero-order valence-corrected chi connectivity index (χ0v) is 19.1. The molecule has 0 saturated carbocycles. The van der Waals surface area contributed by atoms with Gasteiger partial charge in [0, 0.05) is 18.0 Å². The molecule has 0 radical (unpaired) electrons. The summed E-state index contributed by atoms with van der Waals surface area (Å²) in [6, 6.07) is 8.44. The van der Waals surface area contributed by atoms with Gasteiger partial charge in [0.2, 0.25) is 0 Å². The molecule has 170 valence electrons. The largest absolute Gasteiger partial charge is 0.476 e. The summed E-state index contributed by atoms with van der Waals surface area (Å²) in [5.74, 6) is -0.847. The van der Waals surface area contributed by atoms with E-state index in [2.05, 4.69) is 21.4 Å². The maximum Gasteiger partial charge on any atom is 0.356 e. The van der Waals surface area contributed by atoms with Crippen molar-refractivity contribution in [3.05, 3.63) is 51.9 Å². The number of aromatic carboxylic acids is 1. The number of alkyl halides is 1. The Kier molecular flexibility index (Phi) is 6.04. The van der Waals surface area contributed by atoms with Gasteiger partial charge in [-0.25, -0.2) is 24.1 Å². The molecular weight excluding hydrogens is 447 g/mol. The van der Waals surface area contributed by atoms with Crippen LogP contribution in [0.15, 0.2) is 24.3 Å². The number of hydrogen-bond donors (Lipinski definition) is 2. The number of rotatable bonds is 5. The van der Waals surface area contributed by atoms with Gasteiger partial charge >= 0.3 is 5.97 Å². The number of carboxylic acid groups (broad SMARTS) is 1. The second kappa shape index (κ2) is 8.79. The lowest BCUT2D eigenvalue weighted by atomic mass is 10.0. The maximum absolute atomic E-state index is 14.0. The fourth-order valence-electron chi connectivity index (χ4n) is 4.22. The number of carbonyl (C=O) groups is 1. The van der Waals surface area contributed by atoms with Crippen molar-refractivity contribution >= 4 is 40.1 Å². The van der Waals surface area contributed by atoms with Crippen LogP contribution in [0.4, 0.5) is 15.9 Å². The van der Waals surface area contributed by atoms with E-state index in [0.717, 1.165) is 11.1 Å². The Labute approximate surface area is 195 Å². The summed E-state index contributed by atoms with van der Waals surface area (Å²) in [5.41, 5.74) is 3.03. The van der Waals surface area contributed by atoms with Gasteiger partial charge in [-0.15, -0.1) is 0 Å². The van der Waals surface area contributed by atoms with E-state index in [0.29, 0.717) is 29.0 Å². The lowest BCUT2D eigenvalue weighted by Gasteiger charge is -2.24. The van der Waals surface area contributed by atoms with E-state index in [9.17, 15) is 19.6 Å². The van der Waals surface area contributed by atoms with Gasteiger partial charge in [-0.1, -0.05) is 17.7 Å². The van der Waals surface area contributed by atoms with Crippen LogP contribution in [0, 0.1) is 18.3 Å². The second-order valence-corrected chi connectivity index (χ2v) is 8.65. The number of pyridine rings is 1. The molecule has 1 saturated heterocycles. The monoisotopic (exact) mass is 468 g/mol. The van der Waals surface area contributed by atoms with Crippen LogP contribution in [-0.2, 0) is 0 Å². The van der Waals surface area contributed by atoms with Gasteiger partial charge in [0.1, 0.15) is 17.4 Å². The molecule has 33 heavy (non-hydrogen) atoms. The molecule has 0 aliphatic carbocycles. The van der Waals surface area contributed by atoms with Crippen molar-refractivity contribution in [3.63, 3.8) is 0 Å². The van der Waals surface area contributed by atoms with Crippen LogP contribution in [-0.4, -0.2) is 44.8 Å². The minimum absolute atomic E-state index is 0.0806. The Morgan fingerprint density at radius 3 is 2.76 bits per heavy atom. The number of carboxylic acids is 1. The van der Waals surface area contributed by atoms with Gasteiger partial charge in [0.05, 0.1) is 29.3 Å². The molecule has 2 N–H and O–H groups in total. The zero-order chi connectivity index (χ0) is 23.9. The first-order valence-electron chi connectivity index (χ1n) is 10.5. The summed E-state index contributed by atoms with van der Waals surface area (Å²) in [6.45, 7) is 5.82. The molecule has 8 nitrogen and oxygen atoms in total. The Balaban J connectivity index is 1.82. The molecular formula is C23H22ClFN6O2. The lowest BCUT2D eigenvalue weighted by Crippen LogP contribution is -2.29. The lowest BCUT2D eigenvalue weighted by molar-refractivity contribution is 0.0691. The molecule has 1 aliphatic rings. The van der Waals surface area contributed by atoms with Crippen LogP contribution in [0.5, 0.6) is 0 Å². The molecule has 1 fully saturated rings. The van der Waals surface area contributed by atoms with E-state index in [1.54, 1.807) is 11.0 Å². The SMILES string of the molecule is Cc1cc([C@@H](C)Nc2ccc(Cl)nc2C(=O)O)c2nc(N3C[C@H](F)C[C@H]3C)c(C#N)nc2c1. The third-order valence-corrected chi connectivity index (χ3v) is 5.94. The Morgan fingerprint density at radius 1 is 1.36 bits per heavy atom. The minimum Gasteiger partial charge on any atom is -0.476 e. The molecule has 4 rings (SSSR count). The van der Waals surface area contributed by atoms with Crippen molar-refractivity contribution in [2.45, 2.75) is 45.4 Å². The summed E-state index contributed by atoms with van der Waals surface area (Å²) in [6.07, 6.45) is -0.626. The van der Waals surface area contributed by atoms with Gasteiger partial charge in [0.25, 0.3) is 0 Å². The summed E-state index contributed by atoms with van der Waals surface area (Å²) in [4.78, 5) is 26.6. The Morgan fingerprint density at radius 2 is 2.12 bits per heavy atom. The first-order chi connectivity index (χ1) is 15.7. The van der Waals surface area contributed by atoms with Crippen LogP contribution in [0.1, 0.15) is 53.6 Å². The van der Waals surface area contributed by atoms with E-state index >= 15 is 0 Å². The standard InChI is InChI=1S/C23H22ClFN6O2/c1-11-6-15(13(3)27-16-4-5-19(24)29-21(16)23(32)33)20-17(7-11)28-18(9-26)22(30-20)31-10-14(25)8-12(31)2/h4-7,12-14,27H,8,10H2,1-3H3,(H,32,33)/t12-,13-,14-/m1/s1. The van der Waals surface area contributed by atoms with Crippen LogP contribution in [0.2, 0.25) is 5.15 Å². The number of benzene rings is 1. The number of nitrogens with zero attached hydrogens (tertiary/aromatic N) is 5. The number of hydrogen-bond acceptors (Lipinski definition) is 7. The highest BCUT2D eigenvalue weighted by Crippen LogP contribution is 2.33. The third kappa shape index (κ3) is 4.39. The number of nitrogens with one attached hydrogen (secondary N) is 1. The molecule has 3 atom stereocenters. The molecule has 1 aromatic carbocycles. The maximum atomic E-state index is 14.0. The molecule has 0 amide bonds. The molecule has 0 bridgehead atoms. The second-order valence-electron chi connectivity index (χ2n) is 8.27. The van der Waals surface area contributed by atoms with Crippen LogP contribution in [0.3, 0.4) is 0 Å². The van der Waals surface area contributed by atoms with Crippen LogP contribution >= 0.6 is 11.6 Å². The Hall–Kier alpha value is -3.51. The van der Waals surface area contributed by atoms with Crippen molar-refractivity contribution in [1.82, 2.24) is 15.0 Å². The molecule has 0 unspecified atom stereocenters. The van der Waals surface area contributed by atoms with Crippen LogP contribution in [0.25, 0.3) is 11.0 Å². The highest BCUT2D eigenvalue weighted by molar-refractivity contribution is 6.29. The summed E-state index contributed by atoms with van der Waals surface area (Å²) < 4.78 is 14.0. The highest BCUT2D eigenvalue weighted by atomic mass is 35.5. The predicted octanol–water partition coefficient (Wildman–Crippen LogP) is 4.67. The van der Waals surface area contributed by atoms with Gasteiger partial charge in [-0.3, -0.25) is 0 Å². The third-order valence-electron chi connectivity index (χ3n) is 5.73. The van der Waals surface area contributed by atoms with E-state index in [-0.39, 0.29) is 35.2 Å². The van der Waals surface area contributed by atoms with Gasteiger partial charge in [-0.2, -0.15) is 5.26 Å². The fourth-order valence-corrected chi connectivity index (χ4v) is 4.36. The zero-order valence-electron chi connectivity index (χ0n) is 18.3.